The SMILES string of the molecule is Cc1oc(-c2ccc(C(=O)NCc3cccnc3)cc2)nc1C[S@@](=O)c1ccccc1. The van der Waals surface area contributed by atoms with E-state index in [1.54, 1.807) is 36.7 Å². The fraction of sp³-hybridized carbons (Fsp3) is 0.125. The van der Waals surface area contributed by atoms with Crippen LogP contribution in [0.4, 0.5) is 0 Å². The molecule has 0 unspecified atom stereocenters. The maximum atomic E-state index is 12.6. The van der Waals surface area contributed by atoms with Gasteiger partial charge in [0.2, 0.25) is 5.89 Å². The van der Waals surface area contributed by atoms with Crippen LogP contribution in [0.15, 0.2) is 88.4 Å². The Bertz CT molecular complexity index is 1190. The van der Waals surface area contributed by atoms with Gasteiger partial charge in [0, 0.05) is 35.0 Å². The standard InChI is InChI=1S/C24H21N3O3S/c1-17-22(16-31(29)21-7-3-2-4-8-21)27-24(30-17)20-11-9-19(10-12-20)23(28)26-15-18-6-5-13-25-14-18/h2-14H,15-16H2,1H3,(H,26,28)/t31-/m1/s1. The minimum atomic E-state index is -1.20. The minimum absolute atomic E-state index is 0.169. The lowest BCUT2D eigenvalue weighted by Crippen LogP contribution is -2.22. The number of oxazole rings is 1. The number of benzene rings is 2. The molecule has 7 heteroatoms. The predicted molar refractivity (Wildman–Crippen MR) is 119 cm³/mol. The molecule has 1 N–H and O–H groups in total. The Balaban J connectivity index is 1.42. The van der Waals surface area contributed by atoms with Gasteiger partial charge in [0.25, 0.3) is 5.91 Å². The second kappa shape index (κ2) is 9.49. The van der Waals surface area contributed by atoms with Crippen LogP contribution in [0.25, 0.3) is 11.5 Å². The van der Waals surface area contributed by atoms with Crippen molar-refractivity contribution in [2.75, 3.05) is 0 Å². The molecule has 0 fully saturated rings. The van der Waals surface area contributed by atoms with Crippen molar-refractivity contribution >= 4 is 16.7 Å². The lowest BCUT2D eigenvalue weighted by molar-refractivity contribution is 0.0951. The molecule has 2 heterocycles. The van der Waals surface area contributed by atoms with E-state index in [9.17, 15) is 9.00 Å². The summed E-state index contributed by atoms with van der Waals surface area (Å²) in [7, 11) is -1.20. The molecule has 0 aliphatic rings. The van der Waals surface area contributed by atoms with E-state index in [2.05, 4.69) is 15.3 Å². The molecule has 0 spiro atoms. The third-order valence-corrected chi connectivity index (χ3v) is 6.07. The molecule has 0 saturated carbocycles. The number of nitrogens with one attached hydrogen (secondary N) is 1. The molecule has 156 valence electrons. The van der Waals surface area contributed by atoms with Gasteiger partial charge < -0.3 is 9.73 Å². The Kier molecular flexibility index (Phi) is 6.33. The lowest BCUT2D eigenvalue weighted by atomic mass is 10.1. The van der Waals surface area contributed by atoms with Crippen molar-refractivity contribution in [2.24, 2.45) is 0 Å². The number of hydrogen-bond acceptors (Lipinski definition) is 5. The van der Waals surface area contributed by atoms with Gasteiger partial charge in [-0.15, -0.1) is 0 Å². The average Bonchev–Trinajstić information content (AvgIpc) is 3.19. The maximum Gasteiger partial charge on any atom is 0.251 e. The van der Waals surface area contributed by atoms with Crippen LogP contribution in [0, 0.1) is 6.92 Å². The summed E-state index contributed by atoms with van der Waals surface area (Å²) in [5.74, 6) is 1.20. The van der Waals surface area contributed by atoms with Gasteiger partial charge in [-0.25, -0.2) is 4.98 Å². The zero-order chi connectivity index (χ0) is 21.6. The molecule has 2 aromatic carbocycles. The summed E-state index contributed by atoms with van der Waals surface area (Å²) in [5, 5.41) is 2.87. The van der Waals surface area contributed by atoms with Gasteiger partial charge in [-0.1, -0.05) is 24.3 Å². The zero-order valence-electron chi connectivity index (χ0n) is 16.9. The molecular formula is C24H21N3O3S. The Morgan fingerprint density at radius 2 is 1.81 bits per heavy atom. The van der Waals surface area contributed by atoms with Crippen LogP contribution >= 0.6 is 0 Å². The molecule has 0 aliphatic carbocycles. The Hall–Kier alpha value is -3.58. The van der Waals surface area contributed by atoms with Crippen molar-refractivity contribution in [1.82, 2.24) is 15.3 Å². The van der Waals surface area contributed by atoms with Crippen LogP contribution in [-0.4, -0.2) is 20.1 Å². The normalized spacial score (nSPS) is 11.8. The first-order chi connectivity index (χ1) is 15.1. The smallest absolute Gasteiger partial charge is 0.251 e. The fourth-order valence-electron chi connectivity index (χ4n) is 3.02. The highest BCUT2D eigenvalue weighted by atomic mass is 32.2. The van der Waals surface area contributed by atoms with Crippen molar-refractivity contribution in [2.45, 2.75) is 24.1 Å². The number of carbonyl (C=O) groups excluding carboxylic acids is 1. The topological polar surface area (TPSA) is 85.1 Å². The molecule has 4 rings (SSSR count). The van der Waals surface area contributed by atoms with E-state index in [4.69, 9.17) is 4.42 Å². The van der Waals surface area contributed by atoms with Crippen molar-refractivity contribution in [3.05, 3.63) is 102 Å². The van der Waals surface area contributed by atoms with Crippen molar-refractivity contribution in [3.8, 4) is 11.5 Å². The van der Waals surface area contributed by atoms with Gasteiger partial charge in [-0.3, -0.25) is 14.0 Å². The molecule has 0 saturated heterocycles. The van der Waals surface area contributed by atoms with Gasteiger partial charge in [-0.2, -0.15) is 0 Å². The van der Waals surface area contributed by atoms with Crippen LogP contribution in [-0.2, 0) is 23.1 Å². The zero-order valence-corrected chi connectivity index (χ0v) is 17.8. The van der Waals surface area contributed by atoms with Gasteiger partial charge in [0.05, 0.1) is 22.2 Å². The molecule has 1 atom stereocenters. The van der Waals surface area contributed by atoms with E-state index in [1.807, 2.05) is 49.4 Å². The number of carbonyl (C=O) groups is 1. The quantitative estimate of drug-likeness (QED) is 0.472. The summed E-state index contributed by atoms with van der Waals surface area (Å²) in [5.41, 5.74) is 2.89. The summed E-state index contributed by atoms with van der Waals surface area (Å²) in [6.07, 6.45) is 3.41. The van der Waals surface area contributed by atoms with E-state index in [0.717, 1.165) is 16.0 Å². The lowest BCUT2D eigenvalue weighted by Gasteiger charge is -2.05. The summed E-state index contributed by atoms with van der Waals surface area (Å²) in [6, 6.07) is 20.1. The summed E-state index contributed by atoms with van der Waals surface area (Å²) in [6.45, 7) is 2.23. The van der Waals surface area contributed by atoms with E-state index in [-0.39, 0.29) is 11.7 Å². The molecule has 1 amide bonds. The van der Waals surface area contributed by atoms with Crippen LogP contribution < -0.4 is 5.32 Å². The number of pyridine rings is 1. The van der Waals surface area contributed by atoms with E-state index in [0.29, 0.717) is 29.5 Å². The molecular weight excluding hydrogens is 410 g/mol. The van der Waals surface area contributed by atoms with Crippen LogP contribution in [0.5, 0.6) is 0 Å². The number of amides is 1. The number of aromatic nitrogens is 2. The minimum Gasteiger partial charge on any atom is -0.441 e. The molecule has 0 bridgehead atoms. The van der Waals surface area contributed by atoms with Crippen molar-refractivity contribution in [3.63, 3.8) is 0 Å². The van der Waals surface area contributed by atoms with E-state index in [1.165, 1.54) is 0 Å². The molecule has 6 nitrogen and oxygen atoms in total. The highest BCUT2D eigenvalue weighted by Crippen LogP contribution is 2.24. The Labute approximate surface area is 182 Å². The molecule has 0 radical (unpaired) electrons. The number of nitrogens with zero attached hydrogens (tertiary/aromatic N) is 2. The third kappa shape index (κ3) is 5.13. The second-order valence-electron chi connectivity index (χ2n) is 6.95. The summed E-state index contributed by atoms with van der Waals surface area (Å²) in [4.78, 5) is 21.7. The van der Waals surface area contributed by atoms with Gasteiger partial charge in [0.1, 0.15) is 5.76 Å². The summed E-state index contributed by atoms with van der Waals surface area (Å²) < 4.78 is 18.4. The highest BCUT2D eigenvalue weighted by molar-refractivity contribution is 7.84. The van der Waals surface area contributed by atoms with Crippen molar-refractivity contribution in [1.29, 1.82) is 0 Å². The fourth-order valence-corrected chi connectivity index (χ4v) is 4.16. The Morgan fingerprint density at radius 1 is 1.03 bits per heavy atom. The predicted octanol–water partition coefficient (Wildman–Crippen LogP) is 4.28. The van der Waals surface area contributed by atoms with Gasteiger partial charge >= 0.3 is 0 Å². The maximum absolute atomic E-state index is 12.6. The van der Waals surface area contributed by atoms with E-state index >= 15 is 0 Å². The third-order valence-electron chi connectivity index (χ3n) is 4.74. The van der Waals surface area contributed by atoms with Crippen molar-refractivity contribution < 1.29 is 13.4 Å². The first-order valence-electron chi connectivity index (χ1n) is 9.77. The monoisotopic (exact) mass is 431 g/mol. The number of hydrogen-bond donors (Lipinski definition) is 1. The van der Waals surface area contributed by atoms with E-state index < -0.39 is 10.8 Å². The van der Waals surface area contributed by atoms with Crippen LogP contribution in [0.3, 0.4) is 0 Å². The summed E-state index contributed by atoms with van der Waals surface area (Å²) >= 11 is 0. The first-order valence-corrected chi connectivity index (χ1v) is 11.1. The molecule has 2 aromatic heterocycles. The molecule has 31 heavy (non-hydrogen) atoms. The van der Waals surface area contributed by atoms with Crippen LogP contribution in [0.1, 0.15) is 27.4 Å². The molecule has 0 aliphatic heterocycles. The average molecular weight is 432 g/mol. The van der Waals surface area contributed by atoms with Gasteiger partial charge in [-0.05, 0) is 55.0 Å². The number of rotatable bonds is 7. The Morgan fingerprint density at radius 3 is 2.52 bits per heavy atom. The molecule has 4 aromatic rings. The first kappa shape index (κ1) is 20.7. The second-order valence-corrected chi connectivity index (χ2v) is 8.40. The van der Waals surface area contributed by atoms with Crippen LogP contribution in [0.2, 0.25) is 0 Å². The largest absolute Gasteiger partial charge is 0.441 e. The number of aryl methyl sites for hydroxylation is 1. The highest BCUT2D eigenvalue weighted by Gasteiger charge is 2.15. The van der Waals surface area contributed by atoms with Gasteiger partial charge in [0.15, 0.2) is 0 Å².